The summed E-state index contributed by atoms with van der Waals surface area (Å²) in [5, 5.41) is 9.82. The average Bonchev–Trinajstić information content (AvgIpc) is 3.42. The van der Waals surface area contributed by atoms with Crippen LogP contribution in [0.5, 0.6) is 11.5 Å². The van der Waals surface area contributed by atoms with Crippen molar-refractivity contribution in [1.82, 2.24) is 0 Å². The lowest BCUT2D eigenvalue weighted by molar-refractivity contribution is -0.145. The minimum atomic E-state index is -0.806. The van der Waals surface area contributed by atoms with Gasteiger partial charge < -0.3 is 19.3 Å². The molecule has 6 heteroatoms. The standard InChI is InChI=1S/C22H23ClO5/c23-17-2-1-3-19(10-17)28-13-21(8-9-21)12-27-18-6-4-16(5-7-18)22(11-20(24)25)14-26-15-22/h1-7,10H,8-9,11-15H2,(H,24,25). The maximum absolute atomic E-state index is 11.2. The van der Waals surface area contributed by atoms with Crippen molar-refractivity contribution in [2.24, 2.45) is 5.41 Å². The number of carbonyl (C=O) groups is 1. The molecule has 1 aliphatic heterocycles. The Morgan fingerprint density at radius 2 is 1.71 bits per heavy atom. The summed E-state index contributed by atoms with van der Waals surface area (Å²) >= 11 is 5.99. The predicted molar refractivity (Wildman–Crippen MR) is 105 cm³/mol. The van der Waals surface area contributed by atoms with Gasteiger partial charge in [0.25, 0.3) is 0 Å². The third-order valence-corrected chi connectivity index (χ3v) is 5.79. The summed E-state index contributed by atoms with van der Waals surface area (Å²) in [6, 6.07) is 15.1. The van der Waals surface area contributed by atoms with E-state index in [0.29, 0.717) is 31.5 Å². The van der Waals surface area contributed by atoms with Gasteiger partial charge in [0.1, 0.15) is 11.5 Å². The Bertz CT molecular complexity index is 840. The number of rotatable bonds is 9. The van der Waals surface area contributed by atoms with Gasteiger partial charge in [-0.15, -0.1) is 0 Å². The van der Waals surface area contributed by atoms with Gasteiger partial charge >= 0.3 is 5.97 Å². The van der Waals surface area contributed by atoms with Crippen LogP contribution in [0.2, 0.25) is 5.02 Å². The van der Waals surface area contributed by atoms with Crippen molar-refractivity contribution in [3.8, 4) is 11.5 Å². The van der Waals surface area contributed by atoms with E-state index in [1.165, 1.54) is 0 Å². The fourth-order valence-electron chi connectivity index (χ4n) is 3.45. The molecule has 0 amide bonds. The third-order valence-electron chi connectivity index (χ3n) is 5.56. The molecule has 2 fully saturated rings. The van der Waals surface area contributed by atoms with Crippen LogP contribution in [0.4, 0.5) is 0 Å². The van der Waals surface area contributed by atoms with Gasteiger partial charge in [0.2, 0.25) is 0 Å². The van der Waals surface area contributed by atoms with E-state index >= 15 is 0 Å². The Hall–Kier alpha value is -2.24. The normalized spacial score (nSPS) is 18.8. The zero-order valence-corrected chi connectivity index (χ0v) is 16.3. The molecule has 28 heavy (non-hydrogen) atoms. The van der Waals surface area contributed by atoms with Crippen LogP contribution in [0.25, 0.3) is 0 Å². The summed E-state index contributed by atoms with van der Waals surface area (Å²) in [5.74, 6) is 0.747. The highest BCUT2D eigenvalue weighted by Crippen LogP contribution is 2.46. The molecule has 0 unspecified atom stereocenters. The molecule has 4 rings (SSSR count). The van der Waals surface area contributed by atoms with Crippen molar-refractivity contribution in [2.75, 3.05) is 26.4 Å². The fourth-order valence-corrected chi connectivity index (χ4v) is 3.63. The zero-order chi connectivity index (χ0) is 19.6. The second-order valence-corrected chi connectivity index (χ2v) is 8.34. The summed E-state index contributed by atoms with van der Waals surface area (Å²) in [6.45, 7) is 2.09. The van der Waals surface area contributed by atoms with Gasteiger partial charge in [0, 0.05) is 10.4 Å². The maximum atomic E-state index is 11.2. The van der Waals surface area contributed by atoms with Crippen molar-refractivity contribution >= 4 is 17.6 Å². The lowest BCUT2D eigenvalue weighted by Gasteiger charge is -2.40. The molecule has 1 saturated heterocycles. The lowest BCUT2D eigenvalue weighted by Crippen LogP contribution is -2.48. The molecular weight excluding hydrogens is 380 g/mol. The van der Waals surface area contributed by atoms with E-state index in [0.717, 1.165) is 29.9 Å². The number of benzene rings is 2. The molecule has 1 aliphatic carbocycles. The lowest BCUT2D eigenvalue weighted by atomic mass is 9.76. The highest BCUT2D eigenvalue weighted by atomic mass is 35.5. The molecule has 1 N–H and O–H groups in total. The number of ether oxygens (including phenoxy) is 3. The third kappa shape index (κ3) is 4.26. The monoisotopic (exact) mass is 402 g/mol. The summed E-state index contributed by atoms with van der Waals surface area (Å²) in [6.07, 6.45) is 2.23. The van der Waals surface area contributed by atoms with E-state index in [9.17, 15) is 4.79 Å². The van der Waals surface area contributed by atoms with Gasteiger partial charge in [-0.2, -0.15) is 0 Å². The van der Waals surface area contributed by atoms with Gasteiger partial charge in [0.05, 0.1) is 38.3 Å². The Kier molecular flexibility index (Phi) is 5.21. The van der Waals surface area contributed by atoms with Crippen LogP contribution in [0.15, 0.2) is 48.5 Å². The molecule has 0 aromatic heterocycles. The first-order chi connectivity index (χ1) is 13.5. The Balaban J connectivity index is 1.32. The van der Waals surface area contributed by atoms with E-state index in [1.54, 1.807) is 0 Å². The summed E-state index contributed by atoms with van der Waals surface area (Å²) < 4.78 is 17.2. The van der Waals surface area contributed by atoms with E-state index in [4.69, 9.17) is 30.9 Å². The number of hydrogen-bond donors (Lipinski definition) is 1. The van der Waals surface area contributed by atoms with Crippen molar-refractivity contribution in [2.45, 2.75) is 24.7 Å². The molecule has 0 atom stereocenters. The highest BCUT2D eigenvalue weighted by Gasteiger charge is 2.45. The molecule has 148 valence electrons. The molecule has 2 aromatic carbocycles. The molecular formula is C22H23ClO5. The van der Waals surface area contributed by atoms with Gasteiger partial charge in [-0.05, 0) is 48.7 Å². The number of aliphatic carboxylic acids is 1. The summed E-state index contributed by atoms with van der Waals surface area (Å²) in [4.78, 5) is 11.2. The maximum Gasteiger partial charge on any atom is 0.304 e. The molecule has 5 nitrogen and oxygen atoms in total. The van der Waals surface area contributed by atoms with Crippen molar-refractivity contribution in [3.63, 3.8) is 0 Å². The van der Waals surface area contributed by atoms with E-state index in [2.05, 4.69) is 0 Å². The van der Waals surface area contributed by atoms with Crippen molar-refractivity contribution < 1.29 is 24.1 Å². The quantitative estimate of drug-likeness (QED) is 0.676. The number of halogens is 1. The molecule has 0 spiro atoms. The highest BCUT2D eigenvalue weighted by molar-refractivity contribution is 6.30. The Morgan fingerprint density at radius 3 is 2.25 bits per heavy atom. The smallest absolute Gasteiger partial charge is 0.304 e. The fraction of sp³-hybridized carbons (Fsp3) is 0.409. The van der Waals surface area contributed by atoms with Gasteiger partial charge in [-0.25, -0.2) is 0 Å². The predicted octanol–water partition coefficient (Wildman–Crippen LogP) is 4.32. The number of hydrogen-bond acceptors (Lipinski definition) is 4. The average molecular weight is 403 g/mol. The number of carboxylic acids is 1. The van der Waals surface area contributed by atoms with Crippen LogP contribution in [-0.2, 0) is 14.9 Å². The molecule has 2 aliphatic rings. The Morgan fingerprint density at radius 1 is 1.04 bits per heavy atom. The SMILES string of the molecule is O=C(O)CC1(c2ccc(OCC3(COc4cccc(Cl)c4)CC3)cc2)COC1. The molecule has 0 radical (unpaired) electrons. The van der Waals surface area contributed by atoms with Crippen LogP contribution in [0.1, 0.15) is 24.8 Å². The van der Waals surface area contributed by atoms with Crippen molar-refractivity contribution in [1.29, 1.82) is 0 Å². The minimum absolute atomic E-state index is 0.0489. The first kappa shape index (κ1) is 19.1. The number of carboxylic acid groups (broad SMARTS) is 1. The summed E-state index contributed by atoms with van der Waals surface area (Å²) in [5.41, 5.74) is 0.624. The zero-order valence-electron chi connectivity index (χ0n) is 15.5. The van der Waals surface area contributed by atoms with Crippen molar-refractivity contribution in [3.05, 3.63) is 59.1 Å². The topological polar surface area (TPSA) is 65.0 Å². The molecule has 2 aromatic rings. The largest absolute Gasteiger partial charge is 0.493 e. The minimum Gasteiger partial charge on any atom is -0.493 e. The van der Waals surface area contributed by atoms with Crippen LogP contribution in [0, 0.1) is 5.41 Å². The van der Waals surface area contributed by atoms with Crippen LogP contribution in [0.3, 0.4) is 0 Å². The first-order valence-corrected chi connectivity index (χ1v) is 9.78. The van der Waals surface area contributed by atoms with E-state index in [-0.39, 0.29) is 11.8 Å². The second kappa shape index (κ2) is 7.64. The van der Waals surface area contributed by atoms with E-state index in [1.807, 2.05) is 48.5 Å². The van der Waals surface area contributed by atoms with Crippen LogP contribution < -0.4 is 9.47 Å². The van der Waals surface area contributed by atoms with Gasteiger partial charge in [-0.3, -0.25) is 4.79 Å². The Labute approximate surface area is 169 Å². The van der Waals surface area contributed by atoms with Crippen LogP contribution >= 0.6 is 11.6 Å². The van der Waals surface area contributed by atoms with E-state index < -0.39 is 11.4 Å². The van der Waals surface area contributed by atoms with Gasteiger partial charge in [-0.1, -0.05) is 29.8 Å². The van der Waals surface area contributed by atoms with Gasteiger partial charge in [0.15, 0.2) is 0 Å². The van der Waals surface area contributed by atoms with Crippen LogP contribution in [-0.4, -0.2) is 37.5 Å². The second-order valence-electron chi connectivity index (χ2n) is 7.90. The molecule has 1 saturated carbocycles. The summed E-state index contributed by atoms with van der Waals surface area (Å²) in [7, 11) is 0. The molecule has 0 bridgehead atoms. The first-order valence-electron chi connectivity index (χ1n) is 9.40. The molecule has 1 heterocycles.